The van der Waals surface area contributed by atoms with Crippen molar-refractivity contribution >= 4 is 46.2 Å². The lowest BCUT2D eigenvalue weighted by Gasteiger charge is -2.18. The number of esters is 1. The molecule has 3 N–H and O–H groups in total. The van der Waals surface area contributed by atoms with Crippen molar-refractivity contribution in [3.63, 3.8) is 0 Å². The average Bonchev–Trinajstić information content (AvgIpc) is 2.54. The van der Waals surface area contributed by atoms with Gasteiger partial charge >= 0.3 is 5.97 Å². The van der Waals surface area contributed by atoms with Gasteiger partial charge in [-0.1, -0.05) is 36.3 Å². The first kappa shape index (κ1) is 19.8. The number of rotatable bonds is 8. The van der Waals surface area contributed by atoms with Crippen LogP contribution in [0.1, 0.15) is 12.5 Å². The Morgan fingerprint density at radius 1 is 1.39 bits per heavy atom. The highest BCUT2D eigenvalue weighted by atomic mass is 127. The first-order valence-corrected chi connectivity index (χ1v) is 9.20. The number of benzene rings is 1. The molecule has 1 rings (SSSR count). The number of hydrogen-bond acceptors (Lipinski definition) is 5. The van der Waals surface area contributed by atoms with Crippen LogP contribution in [-0.2, 0) is 20.1 Å². The van der Waals surface area contributed by atoms with Gasteiger partial charge in [-0.25, -0.2) is 4.79 Å². The van der Waals surface area contributed by atoms with Gasteiger partial charge in [0.2, 0.25) is 5.91 Å². The van der Waals surface area contributed by atoms with Gasteiger partial charge < -0.3 is 15.8 Å². The molecule has 0 saturated carbocycles. The van der Waals surface area contributed by atoms with Crippen LogP contribution >= 0.6 is 34.4 Å². The van der Waals surface area contributed by atoms with E-state index in [-0.39, 0.29) is 12.5 Å². The molecular weight excluding hydrogens is 427 g/mol. The van der Waals surface area contributed by atoms with Crippen molar-refractivity contribution in [1.29, 1.82) is 0 Å². The smallest absolute Gasteiger partial charge is 0.330 e. The van der Waals surface area contributed by atoms with Crippen LogP contribution in [0.2, 0.25) is 0 Å². The summed E-state index contributed by atoms with van der Waals surface area (Å²) in [7, 11) is 0. The Labute approximate surface area is 154 Å². The minimum Gasteiger partial charge on any atom is -0.451 e. The predicted octanol–water partition coefficient (Wildman–Crippen LogP) is 1.69. The van der Waals surface area contributed by atoms with Gasteiger partial charge in [0.05, 0.1) is 6.04 Å². The van der Waals surface area contributed by atoms with Gasteiger partial charge in [-0.05, 0) is 16.4 Å². The van der Waals surface area contributed by atoms with Gasteiger partial charge in [-0.3, -0.25) is 4.79 Å². The van der Waals surface area contributed by atoms with Crippen molar-refractivity contribution in [1.82, 2.24) is 5.32 Å². The fourth-order valence-corrected chi connectivity index (χ4v) is 2.73. The molecular formula is C16H19IN2O3S. The Kier molecular flexibility index (Phi) is 9.75. The molecule has 0 fully saturated rings. The topological polar surface area (TPSA) is 81.4 Å². The first-order chi connectivity index (χ1) is 11.0. The van der Waals surface area contributed by atoms with Gasteiger partial charge in [0, 0.05) is 34.1 Å². The van der Waals surface area contributed by atoms with E-state index in [4.69, 9.17) is 10.5 Å². The number of nitrogens with one attached hydrogen (secondary N) is 1. The molecule has 0 aliphatic heterocycles. The molecule has 0 aromatic heterocycles. The van der Waals surface area contributed by atoms with Crippen molar-refractivity contribution < 1.29 is 14.3 Å². The molecule has 124 valence electrons. The zero-order valence-corrected chi connectivity index (χ0v) is 15.7. The molecule has 23 heavy (non-hydrogen) atoms. The Balaban J connectivity index is 2.56. The average molecular weight is 446 g/mol. The Bertz CT molecular complexity index is 570. The third-order valence-corrected chi connectivity index (χ3v) is 4.25. The maximum atomic E-state index is 12.1. The molecule has 0 radical (unpaired) electrons. The van der Waals surface area contributed by atoms with Crippen molar-refractivity contribution in [2.45, 2.75) is 24.8 Å². The molecule has 7 heteroatoms. The van der Waals surface area contributed by atoms with Crippen LogP contribution in [0.4, 0.5) is 0 Å². The maximum Gasteiger partial charge on any atom is 0.330 e. The fourth-order valence-electron chi connectivity index (χ4n) is 1.58. The quantitative estimate of drug-likeness (QED) is 0.361. The molecule has 0 aliphatic carbocycles. The van der Waals surface area contributed by atoms with E-state index in [1.807, 2.05) is 52.9 Å². The van der Waals surface area contributed by atoms with Gasteiger partial charge in [-0.2, -0.15) is 11.8 Å². The number of amides is 1. The summed E-state index contributed by atoms with van der Waals surface area (Å²) in [5.41, 5.74) is 6.68. The summed E-state index contributed by atoms with van der Waals surface area (Å²) in [5.74, 6) is 2.91. The minimum absolute atomic E-state index is 0.00960. The summed E-state index contributed by atoms with van der Waals surface area (Å²) in [6.45, 7) is 1.58. The number of ether oxygens (including phenoxy) is 1. The molecule has 0 spiro atoms. The van der Waals surface area contributed by atoms with Crippen LogP contribution in [0, 0.1) is 9.85 Å². The van der Waals surface area contributed by atoms with E-state index < -0.39 is 18.1 Å². The number of carbonyl (C=O) groups excluding carboxylic acids is 2. The highest BCUT2D eigenvalue weighted by Crippen LogP contribution is 2.13. The number of halogens is 1. The second kappa shape index (κ2) is 11.3. The highest BCUT2D eigenvalue weighted by molar-refractivity contribution is 14.1. The lowest BCUT2D eigenvalue weighted by molar-refractivity contribution is -0.145. The van der Waals surface area contributed by atoms with Crippen LogP contribution in [0.25, 0.3) is 0 Å². The van der Waals surface area contributed by atoms with Crippen LogP contribution in [0.15, 0.2) is 30.3 Å². The standard InChI is InChI=1S/C16H19IN2O3S/c1-12(18)15(20)19-14(16(21)22-9-5-8-17)11-23-10-13-6-3-2-4-7-13/h2-4,6-7,12,14H,9-11,18H2,1H3,(H,19,20)/t12-,14-/m0/s1. The van der Waals surface area contributed by atoms with Crippen molar-refractivity contribution in [2.24, 2.45) is 5.73 Å². The largest absolute Gasteiger partial charge is 0.451 e. The summed E-state index contributed by atoms with van der Waals surface area (Å²) in [6, 6.07) is 8.47. The minimum atomic E-state index is -0.738. The summed E-state index contributed by atoms with van der Waals surface area (Å²) in [5, 5.41) is 2.62. The highest BCUT2D eigenvalue weighted by Gasteiger charge is 2.23. The Hall–Kier alpha value is -1.24. The van der Waals surface area contributed by atoms with E-state index in [2.05, 4.69) is 15.2 Å². The first-order valence-electron chi connectivity index (χ1n) is 6.97. The van der Waals surface area contributed by atoms with E-state index >= 15 is 0 Å². The van der Waals surface area contributed by atoms with Gasteiger partial charge in [0.15, 0.2) is 6.61 Å². The van der Waals surface area contributed by atoms with Gasteiger partial charge in [0.1, 0.15) is 6.04 Å². The molecule has 1 aromatic rings. The van der Waals surface area contributed by atoms with E-state index in [0.717, 1.165) is 11.3 Å². The van der Waals surface area contributed by atoms with E-state index in [1.165, 1.54) is 0 Å². The monoisotopic (exact) mass is 446 g/mol. The van der Waals surface area contributed by atoms with Crippen LogP contribution in [-0.4, -0.2) is 36.3 Å². The number of carbonyl (C=O) groups is 2. The summed E-state index contributed by atoms with van der Waals surface area (Å²) in [6.07, 6.45) is 0. The summed E-state index contributed by atoms with van der Waals surface area (Å²) >= 11 is 3.41. The van der Waals surface area contributed by atoms with Crippen molar-refractivity contribution in [3.8, 4) is 9.85 Å². The molecule has 0 unspecified atom stereocenters. The van der Waals surface area contributed by atoms with Crippen molar-refractivity contribution in [2.75, 3.05) is 12.4 Å². The van der Waals surface area contributed by atoms with Gasteiger partial charge in [0.25, 0.3) is 0 Å². The molecule has 0 saturated heterocycles. The molecule has 0 aliphatic rings. The van der Waals surface area contributed by atoms with Crippen LogP contribution < -0.4 is 11.1 Å². The zero-order valence-electron chi connectivity index (χ0n) is 12.8. The van der Waals surface area contributed by atoms with Gasteiger partial charge in [-0.15, -0.1) is 0 Å². The number of hydrogen-bond donors (Lipinski definition) is 2. The summed E-state index contributed by atoms with van der Waals surface area (Å²) < 4.78 is 7.66. The number of thioether (sulfide) groups is 1. The molecule has 5 nitrogen and oxygen atoms in total. The molecule has 0 heterocycles. The second-order valence-corrected chi connectivity index (χ2v) is 6.30. The SMILES string of the molecule is C[C@H](N)C(=O)N[C@@H](CSCc1ccccc1)C(=O)OCC#CI. The number of nitrogens with two attached hydrogens (primary N) is 1. The molecule has 0 bridgehead atoms. The van der Waals surface area contributed by atoms with Crippen LogP contribution in [0.5, 0.6) is 0 Å². The van der Waals surface area contributed by atoms with Crippen molar-refractivity contribution in [3.05, 3.63) is 35.9 Å². The molecule has 1 aromatic carbocycles. The predicted molar refractivity (Wildman–Crippen MR) is 101 cm³/mol. The lowest BCUT2D eigenvalue weighted by atomic mass is 10.2. The maximum absolute atomic E-state index is 12.1. The van der Waals surface area contributed by atoms with E-state index in [9.17, 15) is 9.59 Å². The molecule has 1 amide bonds. The third kappa shape index (κ3) is 8.25. The third-order valence-electron chi connectivity index (χ3n) is 2.76. The van der Waals surface area contributed by atoms with Crippen LogP contribution in [0.3, 0.4) is 0 Å². The fraction of sp³-hybridized carbons (Fsp3) is 0.375. The zero-order chi connectivity index (χ0) is 17.1. The van der Waals surface area contributed by atoms with E-state index in [1.54, 1.807) is 18.7 Å². The normalized spacial score (nSPS) is 12.5. The molecule has 2 atom stereocenters. The Morgan fingerprint density at radius 2 is 2.09 bits per heavy atom. The Morgan fingerprint density at radius 3 is 2.70 bits per heavy atom. The second-order valence-electron chi connectivity index (χ2n) is 4.73. The van der Waals surface area contributed by atoms with E-state index in [0.29, 0.717) is 5.75 Å². The lowest BCUT2D eigenvalue weighted by Crippen LogP contribution is -2.49. The summed E-state index contributed by atoms with van der Waals surface area (Å²) in [4.78, 5) is 23.8.